The Hall–Kier alpha value is -2.86. The smallest absolute Gasteiger partial charge is 0.287 e. The second-order valence-electron chi connectivity index (χ2n) is 6.47. The van der Waals surface area contributed by atoms with Crippen molar-refractivity contribution < 1.29 is 19.2 Å². The zero-order valence-electron chi connectivity index (χ0n) is 15.0. The van der Waals surface area contributed by atoms with E-state index < -0.39 is 6.04 Å². The van der Waals surface area contributed by atoms with E-state index in [1.54, 1.807) is 7.11 Å². The quantitative estimate of drug-likeness (QED) is 0.740. The van der Waals surface area contributed by atoms with Gasteiger partial charge in [-0.1, -0.05) is 36.4 Å². The molecule has 0 aromatic heterocycles. The maximum Gasteiger partial charge on any atom is 0.287 e. The summed E-state index contributed by atoms with van der Waals surface area (Å²) in [6, 6.07) is 14.8. The second-order valence-corrected chi connectivity index (χ2v) is 6.47. The normalized spacial score (nSPS) is 17.9. The molecule has 1 aliphatic heterocycles. The molecule has 2 atom stereocenters. The molecule has 1 unspecified atom stereocenters. The van der Waals surface area contributed by atoms with E-state index in [0.717, 1.165) is 16.0 Å². The number of benzene rings is 2. The lowest BCUT2D eigenvalue weighted by Gasteiger charge is -2.30. The molecule has 1 saturated heterocycles. The van der Waals surface area contributed by atoms with Crippen molar-refractivity contribution in [1.29, 1.82) is 0 Å². The van der Waals surface area contributed by atoms with Gasteiger partial charge in [0, 0.05) is 5.56 Å². The van der Waals surface area contributed by atoms with Gasteiger partial charge >= 0.3 is 0 Å². The number of carbonyl (C=O) groups excluding carboxylic acids is 2. The van der Waals surface area contributed by atoms with Gasteiger partial charge in [-0.25, -0.2) is 0 Å². The van der Waals surface area contributed by atoms with Gasteiger partial charge in [-0.3, -0.25) is 9.59 Å². The molecule has 2 aromatic carbocycles. The number of carbonyl (C=O) groups is 2. The highest BCUT2D eigenvalue weighted by Gasteiger charge is 2.35. The maximum atomic E-state index is 13.2. The van der Waals surface area contributed by atoms with Crippen LogP contribution in [-0.4, -0.2) is 38.6 Å². The van der Waals surface area contributed by atoms with Gasteiger partial charge in [-0.2, -0.15) is 0 Å². The van der Waals surface area contributed by atoms with Crippen LogP contribution < -0.4 is 20.3 Å². The fourth-order valence-electron chi connectivity index (χ4n) is 3.31. The van der Waals surface area contributed by atoms with Crippen LogP contribution in [0.4, 0.5) is 5.69 Å². The molecule has 136 valence electrons. The fraction of sp³-hybridized carbons (Fsp3) is 0.300. The number of nitrogens with one attached hydrogen (secondary N) is 3. The van der Waals surface area contributed by atoms with Gasteiger partial charge in [0.25, 0.3) is 11.8 Å². The van der Waals surface area contributed by atoms with Crippen molar-refractivity contribution in [2.45, 2.75) is 13.0 Å². The molecule has 1 heterocycles. The van der Waals surface area contributed by atoms with E-state index in [9.17, 15) is 9.59 Å². The van der Waals surface area contributed by atoms with E-state index in [0.29, 0.717) is 24.5 Å². The average molecular weight is 354 g/mol. The topological polar surface area (TPSA) is 71.9 Å². The van der Waals surface area contributed by atoms with Crippen molar-refractivity contribution in [1.82, 2.24) is 5.32 Å². The minimum Gasteiger partial charge on any atom is -0.495 e. The van der Waals surface area contributed by atoms with Crippen LogP contribution in [0.15, 0.2) is 48.5 Å². The molecule has 3 rings (SSSR count). The molecule has 2 amide bonds. The first-order chi connectivity index (χ1) is 12.6. The van der Waals surface area contributed by atoms with Gasteiger partial charge < -0.3 is 20.3 Å². The van der Waals surface area contributed by atoms with Crippen LogP contribution in [-0.2, 0) is 9.59 Å². The van der Waals surface area contributed by atoms with Crippen LogP contribution >= 0.6 is 0 Å². The van der Waals surface area contributed by atoms with Gasteiger partial charge in [0.2, 0.25) is 0 Å². The summed E-state index contributed by atoms with van der Waals surface area (Å²) in [5.41, 5.74) is 2.56. The predicted octanol–water partition coefficient (Wildman–Crippen LogP) is 0.698. The van der Waals surface area contributed by atoms with Gasteiger partial charge in [-0.15, -0.1) is 0 Å². The van der Waals surface area contributed by atoms with Crippen LogP contribution in [0.5, 0.6) is 5.75 Å². The van der Waals surface area contributed by atoms with E-state index in [4.69, 9.17) is 4.74 Å². The molecule has 6 nitrogen and oxygen atoms in total. The third-order valence-corrected chi connectivity index (χ3v) is 4.57. The van der Waals surface area contributed by atoms with Crippen LogP contribution in [0.25, 0.3) is 0 Å². The number of rotatable bonds is 5. The summed E-state index contributed by atoms with van der Waals surface area (Å²) >= 11 is 0. The van der Waals surface area contributed by atoms with Crippen molar-refractivity contribution >= 4 is 17.5 Å². The molecule has 0 aliphatic carbocycles. The lowest BCUT2D eigenvalue weighted by Crippen LogP contribution is -3.16. The number of hydrogen-bond acceptors (Lipinski definition) is 3. The number of hydrogen-bond donors (Lipinski definition) is 3. The first-order valence-electron chi connectivity index (χ1n) is 8.70. The SMILES string of the molecule is COc1ccc(C)cc1NC(=O)[C@@H](c1ccccc1)[NH+]1CCNC(=O)C1. The summed E-state index contributed by atoms with van der Waals surface area (Å²) in [5, 5.41) is 5.82. The fourth-order valence-corrected chi connectivity index (χ4v) is 3.31. The second kappa shape index (κ2) is 8.01. The molecular formula is C20H24N3O3+. The predicted molar refractivity (Wildman–Crippen MR) is 99.3 cm³/mol. The third kappa shape index (κ3) is 4.03. The van der Waals surface area contributed by atoms with Crippen LogP contribution in [0.1, 0.15) is 17.2 Å². The average Bonchev–Trinajstić information content (AvgIpc) is 2.63. The molecule has 1 fully saturated rings. The van der Waals surface area contributed by atoms with E-state index in [1.807, 2.05) is 55.5 Å². The lowest BCUT2D eigenvalue weighted by atomic mass is 10.0. The van der Waals surface area contributed by atoms with Gasteiger partial charge in [0.15, 0.2) is 12.6 Å². The zero-order valence-corrected chi connectivity index (χ0v) is 15.0. The Morgan fingerprint density at radius 1 is 1.23 bits per heavy atom. The largest absolute Gasteiger partial charge is 0.495 e. The molecule has 0 bridgehead atoms. The first-order valence-corrected chi connectivity index (χ1v) is 8.70. The minimum absolute atomic E-state index is 0.0342. The first kappa shape index (κ1) is 17.9. The van der Waals surface area contributed by atoms with Crippen LogP contribution in [0, 0.1) is 6.92 Å². The summed E-state index contributed by atoms with van der Waals surface area (Å²) in [5.74, 6) is 0.431. The van der Waals surface area contributed by atoms with Gasteiger partial charge in [0.1, 0.15) is 5.75 Å². The molecule has 0 saturated carbocycles. The number of quaternary nitrogens is 1. The Kier molecular flexibility index (Phi) is 5.53. The monoisotopic (exact) mass is 354 g/mol. The maximum absolute atomic E-state index is 13.2. The van der Waals surface area contributed by atoms with Crippen LogP contribution in [0.3, 0.4) is 0 Å². The third-order valence-electron chi connectivity index (χ3n) is 4.57. The Bertz CT molecular complexity index is 792. The summed E-state index contributed by atoms with van der Waals surface area (Å²) in [4.78, 5) is 26.0. The number of methoxy groups -OCH3 is 1. The van der Waals surface area contributed by atoms with Crippen molar-refractivity contribution in [2.24, 2.45) is 0 Å². The number of ether oxygens (including phenoxy) is 1. The van der Waals surface area contributed by atoms with Crippen LogP contribution in [0.2, 0.25) is 0 Å². The summed E-state index contributed by atoms with van der Waals surface area (Å²) < 4.78 is 5.36. The van der Waals surface area contributed by atoms with Crippen molar-refractivity contribution in [3.63, 3.8) is 0 Å². The lowest BCUT2D eigenvalue weighted by molar-refractivity contribution is -0.915. The molecule has 0 radical (unpaired) electrons. The highest BCUT2D eigenvalue weighted by molar-refractivity contribution is 5.96. The highest BCUT2D eigenvalue weighted by Crippen LogP contribution is 2.26. The Labute approximate surface area is 153 Å². The number of piperazine rings is 1. The van der Waals surface area contributed by atoms with Gasteiger partial charge in [0.05, 0.1) is 25.9 Å². The summed E-state index contributed by atoms with van der Waals surface area (Å²) in [7, 11) is 1.58. The standard InChI is InChI=1S/C20H23N3O3/c1-14-8-9-17(26-2)16(12-14)22-20(25)19(15-6-4-3-5-7-15)23-11-10-21-18(24)13-23/h3-9,12,19H,10-11,13H2,1-2H3,(H,21,24)(H,22,25)/p+1/t19-/m1/s1. The van der Waals surface area contributed by atoms with E-state index in [1.165, 1.54) is 0 Å². The zero-order chi connectivity index (χ0) is 18.5. The molecule has 2 aromatic rings. The van der Waals surface area contributed by atoms with Crippen molar-refractivity contribution in [3.8, 4) is 5.75 Å². The molecule has 3 N–H and O–H groups in total. The van der Waals surface area contributed by atoms with E-state index >= 15 is 0 Å². The molecule has 26 heavy (non-hydrogen) atoms. The molecule has 0 spiro atoms. The summed E-state index contributed by atoms with van der Waals surface area (Å²) in [6.45, 7) is 3.50. The number of anilines is 1. The summed E-state index contributed by atoms with van der Waals surface area (Å²) in [6.07, 6.45) is 0. The Morgan fingerprint density at radius 2 is 2.00 bits per heavy atom. The van der Waals surface area contributed by atoms with E-state index in [-0.39, 0.29) is 18.4 Å². The molecule has 6 heteroatoms. The number of aryl methyl sites for hydroxylation is 1. The number of amides is 2. The molecular weight excluding hydrogens is 330 g/mol. The van der Waals surface area contributed by atoms with Crippen molar-refractivity contribution in [3.05, 3.63) is 59.7 Å². The highest BCUT2D eigenvalue weighted by atomic mass is 16.5. The molecule has 1 aliphatic rings. The van der Waals surface area contributed by atoms with Crippen molar-refractivity contribution in [2.75, 3.05) is 32.1 Å². The Morgan fingerprint density at radius 3 is 2.69 bits per heavy atom. The van der Waals surface area contributed by atoms with E-state index in [2.05, 4.69) is 10.6 Å². The minimum atomic E-state index is -0.465. The van der Waals surface area contributed by atoms with Gasteiger partial charge in [-0.05, 0) is 24.6 Å². The Balaban J connectivity index is 1.90.